The van der Waals surface area contributed by atoms with E-state index in [1.807, 2.05) is 13.0 Å². The number of hydrogen-bond acceptors (Lipinski definition) is 3. The predicted molar refractivity (Wildman–Crippen MR) is 67.8 cm³/mol. The number of hydrogen-bond donors (Lipinski definition) is 2. The number of carbonyl (C=O) groups excluding carboxylic acids is 1. The second kappa shape index (κ2) is 4.65. The number of nitrogens with zero attached hydrogens (tertiary/aromatic N) is 1. The summed E-state index contributed by atoms with van der Waals surface area (Å²) in [5, 5.41) is 2.77. The van der Waals surface area contributed by atoms with E-state index in [-0.39, 0.29) is 5.91 Å². The van der Waals surface area contributed by atoms with Crippen molar-refractivity contribution in [2.45, 2.75) is 6.92 Å². The van der Waals surface area contributed by atoms with Crippen LogP contribution in [0, 0.1) is 6.92 Å². The minimum Gasteiger partial charge on any atom is -0.399 e. The van der Waals surface area contributed by atoms with Gasteiger partial charge in [-0.15, -0.1) is 0 Å². The largest absolute Gasteiger partial charge is 0.399 e. The third-order valence-electron chi connectivity index (χ3n) is 2.28. The summed E-state index contributed by atoms with van der Waals surface area (Å²) < 4.78 is 0. The molecule has 2 aromatic rings. The fourth-order valence-electron chi connectivity index (χ4n) is 1.51. The van der Waals surface area contributed by atoms with E-state index in [1.54, 1.807) is 36.7 Å². The fraction of sp³-hybridized carbons (Fsp3) is 0.0769. The van der Waals surface area contributed by atoms with Crippen LogP contribution in [0.4, 0.5) is 11.4 Å². The van der Waals surface area contributed by atoms with Crippen molar-refractivity contribution in [2.24, 2.45) is 0 Å². The molecule has 0 saturated heterocycles. The summed E-state index contributed by atoms with van der Waals surface area (Å²) in [6.45, 7) is 1.92. The van der Waals surface area contributed by atoms with Gasteiger partial charge in [-0.25, -0.2) is 0 Å². The maximum atomic E-state index is 11.9. The molecular formula is C13H13N3O. The number of nitrogens with two attached hydrogens (primary N) is 1. The molecule has 17 heavy (non-hydrogen) atoms. The van der Waals surface area contributed by atoms with Crippen LogP contribution in [0.5, 0.6) is 0 Å². The average Bonchev–Trinajstić information content (AvgIpc) is 2.29. The summed E-state index contributed by atoms with van der Waals surface area (Å²) in [7, 11) is 0. The number of aryl methyl sites for hydroxylation is 1. The molecule has 4 nitrogen and oxygen atoms in total. The van der Waals surface area contributed by atoms with Crippen molar-refractivity contribution < 1.29 is 4.79 Å². The van der Waals surface area contributed by atoms with Crippen LogP contribution < -0.4 is 11.1 Å². The molecule has 0 atom stereocenters. The van der Waals surface area contributed by atoms with Gasteiger partial charge in [0.05, 0.1) is 11.9 Å². The number of amides is 1. The van der Waals surface area contributed by atoms with Gasteiger partial charge in [-0.2, -0.15) is 0 Å². The summed E-state index contributed by atoms with van der Waals surface area (Å²) in [5.74, 6) is -0.190. The molecular weight excluding hydrogens is 214 g/mol. The molecule has 0 unspecified atom stereocenters. The average molecular weight is 227 g/mol. The van der Waals surface area contributed by atoms with Gasteiger partial charge in [0.25, 0.3) is 5.91 Å². The Balaban J connectivity index is 2.17. The molecule has 1 heterocycles. The van der Waals surface area contributed by atoms with Crippen LogP contribution in [0.15, 0.2) is 42.7 Å². The lowest BCUT2D eigenvalue weighted by atomic mass is 10.2. The van der Waals surface area contributed by atoms with Gasteiger partial charge in [-0.3, -0.25) is 9.78 Å². The van der Waals surface area contributed by atoms with E-state index in [0.29, 0.717) is 16.9 Å². The lowest BCUT2D eigenvalue weighted by Crippen LogP contribution is -2.12. The van der Waals surface area contributed by atoms with Crippen molar-refractivity contribution in [3.8, 4) is 0 Å². The monoisotopic (exact) mass is 227 g/mol. The fourth-order valence-corrected chi connectivity index (χ4v) is 1.51. The van der Waals surface area contributed by atoms with Gasteiger partial charge in [0, 0.05) is 17.4 Å². The van der Waals surface area contributed by atoms with Gasteiger partial charge in [-0.05, 0) is 36.8 Å². The Bertz CT molecular complexity index is 552. The maximum Gasteiger partial charge on any atom is 0.255 e. The van der Waals surface area contributed by atoms with Crippen LogP contribution in [-0.4, -0.2) is 10.9 Å². The third-order valence-corrected chi connectivity index (χ3v) is 2.28. The highest BCUT2D eigenvalue weighted by Crippen LogP contribution is 2.11. The van der Waals surface area contributed by atoms with E-state index in [1.165, 1.54) is 0 Å². The first kappa shape index (κ1) is 11.1. The predicted octanol–water partition coefficient (Wildman–Crippen LogP) is 2.22. The molecule has 0 spiro atoms. The first-order valence-corrected chi connectivity index (χ1v) is 5.24. The molecule has 4 heteroatoms. The van der Waals surface area contributed by atoms with E-state index in [2.05, 4.69) is 10.3 Å². The number of anilines is 2. The highest BCUT2D eigenvalue weighted by molar-refractivity contribution is 6.04. The Labute approximate surface area is 99.5 Å². The number of carbonyl (C=O) groups is 1. The molecule has 1 aromatic heterocycles. The summed E-state index contributed by atoms with van der Waals surface area (Å²) in [6.07, 6.45) is 3.34. The highest BCUT2D eigenvalue weighted by atomic mass is 16.1. The number of benzene rings is 1. The lowest BCUT2D eigenvalue weighted by molar-refractivity contribution is 0.102. The van der Waals surface area contributed by atoms with Crippen LogP contribution in [0.25, 0.3) is 0 Å². The number of nitrogens with one attached hydrogen (secondary N) is 1. The van der Waals surface area contributed by atoms with Crippen LogP contribution >= 0.6 is 0 Å². The highest BCUT2D eigenvalue weighted by Gasteiger charge is 2.06. The van der Waals surface area contributed by atoms with Gasteiger partial charge in [0.1, 0.15) is 0 Å². The Morgan fingerprint density at radius 3 is 2.82 bits per heavy atom. The van der Waals surface area contributed by atoms with Crippen molar-refractivity contribution >= 4 is 17.3 Å². The number of pyridine rings is 1. The lowest BCUT2D eigenvalue weighted by Gasteiger charge is -2.05. The number of rotatable bonds is 2. The van der Waals surface area contributed by atoms with Crippen molar-refractivity contribution in [3.63, 3.8) is 0 Å². The smallest absolute Gasteiger partial charge is 0.255 e. The van der Waals surface area contributed by atoms with E-state index in [4.69, 9.17) is 5.73 Å². The molecule has 86 valence electrons. The molecule has 2 rings (SSSR count). The summed E-state index contributed by atoms with van der Waals surface area (Å²) in [5.41, 5.74) is 8.40. The molecule has 0 aliphatic carbocycles. The van der Waals surface area contributed by atoms with Gasteiger partial charge in [-0.1, -0.05) is 6.07 Å². The normalized spacial score (nSPS) is 9.94. The Hall–Kier alpha value is -2.36. The Morgan fingerprint density at radius 1 is 1.29 bits per heavy atom. The van der Waals surface area contributed by atoms with Crippen LogP contribution in [0.2, 0.25) is 0 Å². The zero-order valence-electron chi connectivity index (χ0n) is 9.47. The van der Waals surface area contributed by atoms with Crippen LogP contribution in [-0.2, 0) is 0 Å². The van der Waals surface area contributed by atoms with Crippen molar-refractivity contribution in [2.75, 3.05) is 11.1 Å². The van der Waals surface area contributed by atoms with E-state index in [9.17, 15) is 4.79 Å². The molecule has 0 saturated carbocycles. The minimum atomic E-state index is -0.190. The van der Waals surface area contributed by atoms with E-state index >= 15 is 0 Å². The molecule has 1 aromatic carbocycles. The Kier molecular flexibility index (Phi) is 3.05. The molecule has 0 fully saturated rings. The Morgan fingerprint density at radius 2 is 2.12 bits per heavy atom. The topological polar surface area (TPSA) is 68.0 Å². The van der Waals surface area contributed by atoms with Gasteiger partial charge >= 0.3 is 0 Å². The van der Waals surface area contributed by atoms with Gasteiger partial charge < -0.3 is 11.1 Å². The van der Waals surface area contributed by atoms with Crippen LogP contribution in [0.3, 0.4) is 0 Å². The number of nitrogen functional groups attached to an aromatic ring is 1. The summed E-state index contributed by atoms with van der Waals surface area (Å²) in [4.78, 5) is 15.9. The van der Waals surface area contributed by atoms with E-state index in [0.717, 1.165) is 5.56 Å². The first-order chi connectivity index (χ1) is 8.15. The van der Waals surface area contributed by atoms with Crippen molar-refractivity contribution in [1.82, 2.24) is 4.98 Å². The molecule has 0 aliphatic heterocycles. The molecule has 1 amide bonds. The van der Waals surface area contributed by atoms with Crippen molar-refractivity contribution in [3.05, 3.63) is 53.9 Å². The van der Waals surface area contributed by atoms with Crippen molar-refractivity contribution in [1.29, 1.82) is 0 Å². The first-order valence-electron chi connectivity index (χ1n) is 5.24. The van der Waals surface area contributed by atoms with Gasteiger partial charge in [0.2, 0.25) is 0 Å². The second-order valence-electron chi connectivity index (χ2n) is 3.83. The number of aromatic nitrogens is 1. The minimum absolute atomic E-state index is 0.190. The quantitative estimate of drug-likeness (QED) is 0.773. The SMILES string of the molecule is Cc1cncc(NC(=O)c2cccc(N)c2)c1. The standard InChI is InChI=1S/C13H13N3O/c1-9-5-12(8-15-7-9)16-13(17)10-3-2-4-11(14)6-10/h2-8H,14H2,1H3,(H,16,17). The molecule has 0 bridgehead atoms. The third kappa shape index (κ3) is 2.81. The summed E-state index contributed by atoms with van der Waals surface area (Å²) >= 11 is 0. The zero-order valence-corrected chi connectivity index (χ0v) is 9.47. The van der Waals surface area contributed by atoms with Gasteiger partial charge in [0.15, 0.2) is 0 Å². The molecule has 0 radical (unpaired) electrons. The molecule has 0 aliphatic rings. The second-order valence-corrected chi connectivity index (χ2v) is 3.83. The van der Waals surface area contributed by atoms with E-state index < -0.39 is 0 Å². The molecule has 3 N–H and O–H groups in total. The maximum absolute atomic E-state index is 11.9. The summed E-state index contributed by atoms with van der Waals surface area (Å²) in [6, 6.07) is 8.70. The van der Waals surface area contributed by atoms with Crippen LogP contribution in [0.1, 0.15) is 15.9 Å². The zero-order chi connectivity index (χ0) is 12.3.